The summed E-state index contributed by atoms with van der Waals surface area (Å²) in [7, 11) is 0. The largest absolute Gasteiger partial charge is 0.350 e. The lowest BCUT2D eigenvalue weighted by molar-refractivity contribution is -0.117. The quantitative estimate of drug-likeness (QED) is 0.666. The molecule has 1 atom stereocenters. The van der Waals surface area contributed by atoms with E-state index in [1.54, 1.807) is 0 Å². The fourth-order valence-electron chi connectivity index (χ4n) is 1.61. The lowest BCUT2D eigenvalue weighted by Gasteiger charge is -2.10. The summed E-state index contributed by atoms with van der Waals surface area (Å²) in [5.41, 5.74) is 0.818. The van der Waals surface area contributed by atoms with Gasteiger partial charge in [0.1, 0.15) is 0 Å². The normalized spacial score (nSPS) is 22.9. The van der Waals surface area contributed by atoms with Crippen molar-refractivity contribution < 1.29 is 4.79 Å². The van der Waals surface area contributed by atoms with E-state index in [4.69, 9.17) is 0 Å². The Hall–Kier alpha value is -0.830. The Labute approximate surface area is 86.0 Å². The van der Waals surface area contributed by atoms with Gasteiger partial charge in [-0.1, -0.05) is 6.08 Å². The lowest BCUT2D eigenvalue weighted by Crippen LogP contribution is -2.31. The van der Waals surface area contributed by atoms with E-state index in [0.29, 0.717) is 6.04 Å². The van der Waals surface area contributed by atoms with E-state index >= 15 is 0 Å². The number of carbonyl (C=O) groups excluding carboxylic acids is 1. The Kier molecular flexibility index (Phi) is 4.14. The van der Waals surface area contributed by atoms with Crippen LogP contribution in [0.2, 0.25) is 0 Å². The van der Waals surface area contributed by atoms with Crippen LogP contribution in [0.4, 0.5) is 0 Å². The van der Waals surface area contributed by atoms with E-state index in [9.17, 15) is 4.79 Å². The molecule has 1 amide bonds. The molecule has 2 N–H and O–H groups in total. The van der Waals surface area contributed by atoms with Crippen LogP contribution in [0.3, 0.4) is 0 Å². The average molecular weight is 196 g/mol. The lowest BCUT2D eigenvalue weighted by atomic mass is 10.1. The predicted molar refractivity (Wildman–Crippen MR) is 58.1 cm³/mol. The molecule has 0 bridgehead atoms. The maximum absolute atomic E-state index is 11.5. The maximum Gasteiger partial charge on any atom is 0.246 e. The number of carbonyl (C=O) groups is 1. The number of nitrogens with one attached hydrogen (secondary N) is 2. The van der Waals surface area contributed by atoms with Gasteiger partial charge in [0.05, 0.1) is 0 Å². The highest BCUT2D eigenvalue weighted by Gasteiger charge is 2.13. The van der Waals surface area contributed by atoms with Gasteiger partial charge in [0.2, 0.25) is 5.91 Å². The van der Waals surface area contributed by atoms with Gasteiger partial charge in [-0.25, -0.2) is 0 Å². The molecule has 1 aliphatic rings. The van der Waals surface area contributed by atoms with Crippen LogP contribution in [0.1, 0.15) is 33.6 Å². The third-order valence-corrected chi connectivity index (χ3v) is 2.33. The molecular formula is C11H20N2O. The van der Waals surface area contributed by atoms with Gasteiger partial charge in [-0.2, -0.15) is 0 Å². The van der Waals surface area contributed by atoms with Crippen LogP contribution >= 0.6 is 0 Å². The standard InChI is InChI=1S/C11H20N2O/c1-8(2)13-11(14)9(3)7-10-5-4-6-12-10/h7-8,10,12H,4-6H2,1-3H3,(H,13,14)/b9-7-/t10-/m0/s1. The second kappa shape index (κ2) is 5.15. The van der Waals surface area contributed by atoms with Crippen LogP contribution in [-0.4, -0.2) is 24.5 Å². The topological polar surface area (TPSA) is 41.1 Å². The molecule has 0 aliphatic carbocycles. The molecule has 0 aromatic carbocycles. The molecule has 1 heterocycles. The Morgan fingerprint density at radius 2 is 2.29 bits per heavy atom. The monoisotopic (exact) mass is 196 g/mol. The molecule has 0 spiro atoms. The van der Waals surface area contributed by atoms with Gasteiger partial charge in [-0.3, -0.25) is 4.79 Å². The Bertz CT molecular complexity index is 227. The maximum atomic E-state index is 11.5. The molecule has 0 aromatic heterocycles. The molecule has 0 saturated carbocycles. The van der Waals surface area contributed by atoms with Gasteiger partial charge in [-0.05, 0) is 40.2 Å². The fourth-order valence-corrected chi connectivity index (χ4v) is 1.61. The first kappa shape index (κ1) is 11.2. The Balaban J connectivity index is 2.45. The van der Waals surface area contributed by atoms with Crippen LogP contribution in [0, 0.1) is 0 Å². The smallest absolute Gasteiger partial charge is 0.246 e. The second-order valence-corrected chi connectivity index (χ2v) is 4.18. The fraction of sp³-hybridized carbons (Fsp3) is 0.727. The van der Waals surface area contributed by atoms with E-state index in [1.807, 2.05) is 26.8 Å². The highest BCUT2D eigenvalue weighted by atomic mass is 16.1. The summed E-state index contributed by atoms with van der Waals surface area (Å²) in [6.07, 6.45) is 4.39. The molecule has 0 aromatic rings. The minimum Gasteiger partial charge on any atom is -0.350 e. The summed E-state index contributed by atoms with van der Waals surface area (Å²) >= 11 is 0. The van der Waals surface area contributed by atoms with Crippen LogP contribution < -0.4 is 10.6 Å². The van der Waals surface area contributed by atoms with Crippen LogP contribution in [0.15, 0.2) is 11.6 Å². The molecular weight excluding hydrogens is 176 g/mol. The molecule has 1 rings (SSSR count). The summed E-state index contributed by atoms with van der Waals surface area (Å²) in [6, 6.07) is 0.607. The SMILES string of the molecule is C/C(=C/[C@@H]1CCCN1)C(=O)NC(C)C. The van der Waals surface area contributed by atoms with Crippen molar-refractivity contribution in [3.05, 3.63) is 11.6 Å². The van der Waals surface area contributed by atoms with E-state index < -0.39 is 0 Å². The number of hydrogen-bond donors (Lipinski definition) is 2. The zero-order valence-corrected chi connectivity index (χ0v) is 9.26. The molecule has 1 saturated heterocycles. The second-order valence-electron chi connectivity index (χ2n) is 4.18. The molecule has 1 aliphatic heterocycles. The van der Waals surface area contributed by atoms with Gasteiger partial charge in [-0.15, -0.1) is 0 Å². The predicted octanol–water partition coefficient (Wildman–Crippen LogP) is 1.21. The van der Waals surface area contributed by atoms with Crippen LogP contribution in [-0.2, 0) is 4.79 Å². The summed E-state index contributed by atoms with van der Waals surface area (Å²) in [5, 5.41) is 6.22. The third-order valence-electron chi connectivity index (χ3n) is 2.33. The molecule has 3 heteroatoms. The first-order valence-electron chi connectivity index (χ1n) is 5.32. The van der Waals surface area contributed by atoms with E-state index in [2.05, 4.69) is 10.6 Å². The van der Waals surface area contributed by atoms with Crippen LogP contribution in [0.25, 0.3) is 0 Å². The van der Waals surface area contributed by atoms with E-state index in [-0.39, 0.29) is 11.9 Å². The van der Waals surface area contributed by atoms with Crippen molar-refractivity contribution in [3.8, 4) is 0 Å². The third kappa shape index (κ3) is 3.50. The zero-order chi connectivity index (χ0) is 10.6. The molecule has 80 valence electrons. The number of amides is 1. The average Bonchev–Trinajstić information content (AvgIpc) is 2.55. The molecule has 0 radical (unpaired) electrons. The van der Waals surface area contributed by atoms with Gasteiger partial charge in [0.15, 0.2) is 0 Å². The summed E-state index contributed by atoms with van der Waals surface area (Å²) in [4.78, 5) is 11.5. The first-order valence-corrected chi connectivity index (χ1v) is 5.32. The Morgan fingerprint density at radius 3 is 2.79 bits per heavy atom. The van der Waals surface area contributed by atoms with Crippen LogP contribution in [0.5, 0.6) is 0 Å². The summed E-state index contributed by atoms with van der Waals surface area (Å²) in [5.74, 6) is 0.0497. The van der Waals surface area contributed by atoms with Gasteiger partial charge < -0.3 is 10.6 Å². The van der Waals surface area contributed by atoms with Crippen molar-refractivity contribution in [2.75, 3.05) is 6.54 Å². The van der Waals surface area contributed by atoms with Crippen molar-refractivity contribution in [1.82, 2.24) is 10.6 Å². The zero-order valence-electron chi connectivity index (χ0n) is 9.26. The highest BCUT2D eigenvalue weighted by Crippen LogP contribution is 2.08. The van der Waals surface area contributed by atoms with Gasteiger partial charge >= 0.3 is 0 Å². The molecule has 0 unspecified atom stereocenters. The number of hydrogen-bond acceptors (Lipinski definition) is 2. The number of rotatable bonds is 3. The Morgan fingerprint density at radius 1 is 1.57 bits per heavy atom. The van der Waals surface area contributed by atoms with E-state index in [1.165, 1.54) is 6.42 Å². The molecule has 3 nitrogen and oxygen atoms in total. The van der Waals surface area contributed by atoms with E-state index in [0.717, 1.165) is 18.5 Å². The van der Waals surface area contributed by atoms with Crippen molar-refractivity contribution in [2.45, 2.75) is 45.7 Å². The highest BCUT2D eigenvalue weighted by molar-refractivity contribution is 5.93. The molecule has 14 heavy (non-hydrogen) atoms. The van der Waals surface area contributed by atoms with Crippen molar-refractivity contribution >= 4 is 5.91 Å². The van der Waals surface area contributed by atoms with Gasteiger partial charge in [0, 0.05) is 17.7 Å². The van der Waals surface area contributed by atoms with Crippen molar-refractivity contribution in [3.63, 3.8) is 0 Å². The van der Waals surface area contributed by atoms with Crippen molar-refractivity contribution in [2.24, 2.45) is 0 Å². The summed E-state index contributed by atoms with van der Waals surface area (Å²) in [6.45, 7) is 6.88. The summed E-state index contributed by atoms with van der Waals surface area (Å²) < 4.78 is 0. The minimum absolute atomic E-state index is 0.0497. The molecule has 1 fully saturated rings. The first-order chi connectivity index (χ1) is 6.59. The van der Waals surface area contributed by atoms with Crippen molar-refractivity contribution in [1.29, 1.82) is 0 Å². The minimum atomic E-state index is 0.0497. The van der Waals surface area contributed by atoms with Gasteiger partial charge in [0.25, 0.3) is 0 Å².